The van der Waals surface area contributed by atoms with Gasteiger partial charge in [0.1, 0.15) is 9.71 Å². The number of pyridine rings is 1. The first-order chi connectivity index (χ1) is 15.6. The van der Waals surface area contributed by atoms with E-state index in [1.54, 1.807) is 0 Å². The fraction of sp³-hybridized carbons (Fsp3) is 0.0370. The number of rotatable bonds is 4. The van der Waals surface area contributed by atoms with E-state index in [9.17, 15) is 4.79 Å². The second kappa shape index (κ2) is 8.29. The van der Waals surface area contributed by atoms with Crippen molar-refractivity contribution in [2.75, 3.05) is 11.1 Å². The van der Waals surface area contributed by atoms with Crippen LogP contribution in [0.25, 0.3) is 32.6 Å². The maximum absolute atomic E-state index is 13.0. The number of nitrogens with two attached hydrogens (primary N) is 1. The van der Waals surface area contributed by atoms with E-state index >= 15 is 0 Å². The van der Waals surface area contributed by atoms with Gasteiger partial charge in [-0.3, -0.25) is 4.79 Å². The number of nitrogen functional groups attached to an aromatic ring is 1. The van der Waals surface area contributed by atoms with E-state index in [0.717, 1.165) is 38.3 Å². The summed E-state index contributed by atoms with van der Waals surface area (Å²) in [5.74, 6) is -0.229. The van der Waals surface area contributed by atoms with Gasteiger partial charge in [-0.15, -0.1) is 11.3 Å². The summed E-state index contributed by atoms with van der Waals surface area (Å²) in [5.41, 5.74) is 12.8. The molecule has 0 bridgehead atoms. The van der Waals surface area contributed by atoms with Crippen LogP contribution in [0.2, 0.25) is 0 Å². The highest BCUT2D eigenvalue weighted by atomic mass is 32.1. The molecule has 0 radical (unpaired) electrons. The van der Waals surface area contributed by atoms with Gasteiger partial charge in [-0.2, -0.15) is 0 Å². The molecular weight excluding hydrogens is 414 g/mol. The minimum Gasteiger partial charge on any atom is -0.397 e. The molecule has 5 heteroatoms. The molecule has 4 nitrogen and oxygen atoms in total. The van der Waals surface area contributed by atoms with Gasteiger partial charge in [-0.1, -0.05) is 78.4 Å². The Kier molecular flexibility index (Phi) is 5.17. The molecule has 3 N–H and O–H groups in total. The van der Waals surface area contributed by atoms with Gasteiger partial charge in [0.2, 0.25) is 0 Å². The topological polar surface area (TPSA) is 68.0 Å². The predicted molar refractivity (Wildman–Crippen MR) is 134 cm³/mol. The minimum absolute atomic E-state index is 0.229. The Labute approximate surface area is 190 Å². The molecule has 0 atom stereocenters. The van der Waals surface area contributed by atoms with Crippen molar-refractivity contribution >= 4 is 38.8 Å². The molecule has 0 saturated carbocycles. The van der Waals surface area contributed by atoms with E-state index < -0.39 is 0 Å². The van der Waals surface area contributed by atoms with Crippen molar-refractivity contribution in [3.63, 3.8) is 0 Å². The van der Waals surface area contributed by atoms with Crippen LogP contribution in [0.5, 0.6) is 0 Å². The van der Waals surface area contributed by atoms with Crippen LogP contribution in [-0.4, -0.2) is 10.9 Å². The van der Waals surface area contributed by atoms with E-state index in [0.29, 0.717) is 10.6 Å². The number of para-hydroxylation sites is 1. The van der Waals surface area contributed by atoms with Crippen LogP contribution < -0.4 is 11.1 Å². The van der Waals surface area contributed by atoms with Gasteiger partial charge in [-0.25, -0.2) is 4.98 Å². The van der Waals surface area contributed by atoms with Gasteiger partial charge < -0.3 is 11.1 Å². The Morgan fingerprint density at radius 3 is 2.22 bits per heavy atom. The lowest BCUT2D eigenvalue weighted by Crippen LogP contribution is -2.11. The number of fused-ring (bicyclic) bond motifs is 1. The number of benzene rings is 3. The van der Waals surface area contributed by atoms with E-state index in [1.807, 2.05) is 48.5 Å². The number of amides is 1. The van der Waals surface area contributed by atoms with Crippen LogP contribution >= 0.6 is 11.3 Å². The zero-order chi connectivity index (χ0) is 22.1. The Morgan fingerprint density at radius 2 is 1.53 bits per heavy atom. The van der Waals surface area contributed by atoms with Crippen molar-refractivity contribution in [1.29, 1.82) is 0 Å². The Morgan fingerprint density at radius 1 is 0.875 bits per heavy atom. The SMILES string of the molecule is Cc1ccc(-c2cc(-c3ccccc3)c3c(N)c(C(=O)Nc4ccccc4)sc3n2)cc1. The first-order valence-corrected chi connectivity index (χ1v) is 11.1. The van der Waals surface area contributed by atoms with Crippen LogP contribution in [0.3, 0.4) is 0 Å². The van der Waals surface area contributed by atoms with Crippen LogP contribution in [0.1, 0.15) is 15.2 Å². The molecule has 0 aliphatic rings. The molecular formula is C27H21N3OS. The average molecular weight is 436 g/mol. The highest BCUT2D eigenvalue weighted by Gasteiger charge is 2.21. The number of anilines is 2. The second-order valence-corrected chi connectivity index (χ2v) is 8.63. The maximum Gasteiger partial charge on any atom is 0.267 e. The van der Waals surface area contributed by atoms with Crippen molar-refractivity contribution < 1.29 is 4.79 Å². The molecule has 156 valence electrons. The highest BCUT2D eigenvalue weighted by Crippen LogP contribution is 2.41. The lowest BCUT2D eigenvalue weighted by molar-refractivity contribution is 0.103. The summed E-state index contributed by atoms with van der Waals surface area (Å²) in [5, 5.41) is 3.75. The number of carbonyl (C=O) groups is 1. The summed E-state index contributed by atoms with van der Waals surface area (Å²) in [6, 6.07) is 29.8. The molecule has 5 rings (SSSR count). The molecule has 0 spiro atoms. The number of aryl methyl sites for hydroxylation is 1. The quantitative estimate of drug-likeness (QED) is 0.327. The van der Waals surface area contributed by atoms with Crippen molar-refractivity contribution in [2.45, 2.75) is 6.92 Å². The number of nitrogens with zero attached hydrogens (tertiary/aromatic N) is 1. The van der Waals surface area contributed by atoms with Crippen molar-refractivity contribution in [1.82, 2.24) is 4.98 Å². The fourth-order valence-corrected chi connectivity index (χ4v) is 4.73. The lowest BCUT2D eigenvalue weighted by Gasteiger charge is -2.09. The monoisotopic (exact) mass is 435 g/mol. The zero-order valence-corrected chi connectivity index (χ0v) is 18.3. The Balaban J connectivity index is 1.68. The highest BCUT2D eigenvalue weighted by molar-refractivity contribution is 7.21. The number of nitrogens with one attached hydrogen (secondary N) is 1. The molecule has 0 unspecified atom stereocenters. The van der Waals surface area contributed by atoms with E-state index in [4.69, 9.17) is 10.7 Å². The third-order valence-corrected chi connectivity index (χ3v) is 6.47. The van der Waals surface area contributed by atoms with Crippen molar-refractivity contribution in [3.8, 4) is 22.4 Å². The average Bonchev–Trinajstić information content (AvgIpc) is 3.17. The zero-order valence-electron chi connectivity index (χ0n) is 17.5. The van der Waals surface area contributed by atoms with Gasteiger partial charge >= 0.3 is 0 Å². The molecule has 0 fully saturated rings. The summed E-state index contributed by atoms with van der Waals surface area (Å²) in [6.45, 7) is 2.06. The number of carbonyl (C=O) groups excluding carboxylic acids is 1. The normalized spacial score (nSPS) is 10.9. The molecule has 1 amide bonds. The first kappa shape index (κ1) is 20.0. The number of hydrogen-bond acceptors (Lipinski definition) is 4. The third kappa shape index (κ3) is 3.74. The molecule has 2 aromatic heterocycles. The number of aromatic nitrogens is 1. The van der Waals surface area contributed by atoms with Gasteiger partial charge in [0.05, 0.1) is 11.4 Å². The van der Waals surface area contributed by atoms with E-state index in [1.165, 1.54) is 16.9 Å². The molecule has 32 heavy (non-hydrogen) atoms. The lowest BCUT2D eigenvalue weighted by atomic mass is 9.99. The molecule has 5 aromatic rings. The molecule has 0 aliphatic heterocycles. The van der Waals surface area contributed by atoms with Crippen LogP contribution in [-0.2, 0) is 0 Å². The molecule has 0 aliphatic carbocycles. The molecule has 3 aromatic carbocycles. The Hall–Kier alpha value is -3.96. The molecule has 2 heterocycles. The third-order valence-electron chi connectivity index (χ3n) is 5.37. The van der Waals surface area contributed by atoms with E-state index in [-0.39, 0.29) is 5.91 Å². The second-order valence-electron chi connectivity index (χ2n) is 7.63. The fourth-order valence-electron chi connectivity index (χ4n) is 3.72. The molecule has 0 saturated heterocycles. The van der Waals surface area contributed by atoms with E-state index in [2.05, 4.69) is 54.7 Å². The van der Waals surface area contributed by atoms with Gasteiger partial charge in [0.15, 0.2) is 0 Å². The van der Waals surface area contributed by atoms with Gasteiger partial charge in [-0.05, 0) is 36.2 Å². The summed E-state index contributed by atoms with van der Waals surface area (Å²) in [4.78, 5) is 19.1. The smallest absolute Gasteiger partial charge is 0.267 e. The number of thiophene rings is 1. The minimum atomic E-state index is -0.229. The van der Waals surface area contributed by atoms with Crippen LogP contribution in [0, 0.1) is 6.92 Å². The van der Waals surface area contributed by atoms with Crippen LogP contribution in [0.4, 0.5) is 11.4 Å². The predicted octanol–water partition coefficient (Wildman–Crippen LogP) is 6.77. The Bertz CT molecular complexity index is 1410. The number of hydrogen-bond donors (Lipinski definition) is 2. The summed E-state index contributed by atoms with van der Waals surface area (Å²) < 4.78 is 0. The standard InChI is InChI=1S/C27H21N3OS/c1-17-12-14-19(15-13-17)22-16-21(18-8-4-2-5-9-18)23-24(28)25(32-27(23)30-22)26(31)29-20-10-6-3-7-11-20/h2-16H,28H2,1H3,(H,29,31). The summed E-state index contributed by atoms with van der Waals surface area (Å²) in [7, 11) is 0. The van der Waals surface area contributed by atoms with Crippen molar-refractivity contribution in [2.24, 2.45) is 0 Å². The van der Waals surface area contributed by atoms with Crippen molar-refractivity contribution in [3.05, 3.63) is 101 Å². The maximum atomic E-state index is 13.0. The summed E-state index contributed by atoms with van der Waals surface area (Å²) >= 11 is 1.32. The summed E-state index contributed by atoms with van der Waals surface area (Å²) in [6.07, 6.45) is 0. The van der Waals surface area contributed by atoms with Crippen LogP contribution in [0.15, 0.2) is 91.0 Å². The largest absolute Gasteiger partial charge is 0.397 e. The van der Waals surface area contributed by atoms with Gasteiger partial charge in [0.25, 0.3) is 5.91 Å². The van der Waals surface area contributed by atoms with Gasteiger partial charge in [0, 0.05) is 16.6 Å². The first-order valence-electron chi connectivity index (χ1n) is 10.3.